The summed E-state index contributed by atoms with van der Waals surface area (Å²) in [5.74, 6) is 1.32. The number of hydrogen-bond acceptors (Lipinski definition) is 2. The van der Waals surface area contributed by atoms with Crippen LogP contribution in [0.3, 0.4) is 0 Å². The number of aliphatic hydroxyl groups excluding tert-OH is 1. The number of hydrogen-bond donors (Lipinski definition) is 2. The molecule has 0 aromatic carbocycles. The minimum Gasteiger partial charge on any atom is -0.393 e. The van der Waals surface area contributed by atoms with Crippen LogP contribution < -0.4 is 5.32 Å². The lowest BCUT2D eigenvalue weighted by Crippen LogP contribution is -2.40. The summed E-state index contributed by atoms with van der Waals surface area (Å²) in [6.07, 6.45) is 7.34. The fraction of sp³-hybridized carbons (Fsp3) is 1.00. The zero-order valence-corrected chi connectivity index (χ0v) is 10.3. The van der Waals surface area contributed by atoms with Gasteiger partial charge in [-0.25, -0.2) is 0 Å². The van der Waals surface area contributed by atoms with Gasteiger partial charge in [-0.3, -0.25) is 0 Å². The highest BCUT2D eigenvalue weighted by Crippen LogP contribution is 2.25. The summed E-state index contributed by atoms with van der Waals surface area (Å²) in [6, 6.07) is 0. The molecule has 1 aliphatic heterocycles. The summed E-state index contributed by atoms with van der Waals surface area (Å²) in [6.45, 7) is 6.54. The third kappa shape index (κ3) is 4.52. The summed E-state index contributed by atoms with van der Waals surface area (Å²) in [5.41, 5.74) is 0. The molecule has 1 rings (SSSR count). The van der Waals surface area contributed by atoms with E-state index in [2.05, 4.69) is 19.2 Å². The predicted molar refractivity (Wildman–Crippen MR) is 64.9 cm³/mol. The molecule has 0 aromatic heterocycles. The minimum absolute atomic E-state index is 0.0538. The van der Waals surface area contributed by atoms with Gasteiger partial charge in [0, 0.05) is 6.54 Å². The second-order valence-corrected chi connectivity index (χ2v) is 4.97. The minimum atomic E-state index is -0.0538. The second-order valence-electron chi connectivity index (χ2n) is 4.97. The fourth-order valence-corrected chi connectivity index (χ4v) is 2.56. The molecule has 0 radical (unpaired) electrons. The van der Waals surface area contributed by atoms with E-state index in [1.165, 1.54) is 32.1 Å². The topological polar surface area (TPSA) is 32.3 Å². The van der Waals surface area contributed by atoms with E-state index in [1.54, 1.807) is 0 Å². The van der Waals surface area contributed by atoms with Gasteiger partial charge in [-0.2, -0.15) is 0 Å². The van der Waals surface area contributed by atoms with Crippen LogP contribution in [0.4, 0.5) is 0 Å². The van der Waals surface area contributed by atoms with Crippen molar-refractivity contribution >= 4 is 0 Å². The van der Waals surface area contributed by atoms with Gasteiger partial charge in [0.2, 0.25) is 0 Å². The quantitative estimate of drug-likeness (QED) is 0.711. The molecular formula is C13H27NO. The lowest BCUT2D eigenvalue weighted by atomic mass is 9.83. The first-order valence-electron chi connectivity index (χ1n) is 6.66. The van der Waals surface area contributed by atoms with Crippen molar-refractivity contribution in [2.24, 2.45) is 11.8 Å². The van der Waals surface area contributed by atoms with E-state index in [0.29, 0.717) is 5.92 Å². The molecule has 1 saturated heterocycles. The molecule has 90 valence electrons. The van der Waals surface area contributed by atoms with E-state index in [-0.39, 0.29) is 6.10 Å². The van der Waals surface area contributed by atoms with Crippen molar-refractivity contribution in [2.45, 2.75) is 58.5 Å². The molecule has 0 amide bonds. The molecule has 0 saturated carbocycles. The van der Waals surface area contributed by atoms with E-state index >= 15 is 0 Å². The van der Waals surface area contributed by atoms with Crippen LogP contribution in [0.15, 0.2) is 0 Å². The van der Waals surface area contributed by atoms with Crippen molar-refractivity contribution in [2.75, 3.05) is 13.1 Å². The molecule has 0 aliphatic carbocycles. The van der Waals surface area contributed by atoms with Crippen molar-refractivity contribution in [3.05, 3.63) is 0 Å². The number of nitrogens with one attached hydrogen (secondary N) is 1. The lowest BCUT2D eigenvalue weighted by Gasteiger charge is -2.31. The van der Waals surface area contributed by atoms with Gasteiger partial charge in [0.05, 0.1) is 6.10 Å². The summed E-state index contributed by atoms with van der Waals surface area (Å²) in [5, 5.41) is 13.3. The molecule has 2 N–H and O–H groups in total. The van der Waals surface area contributed by atoms with Crippen LogP contribution in [0.25, 0.3) is 0 Å². The molecule has 1 heterocycles. The van der Waals surface area contributed by atoms with E-state index in [1.807, 2.05) is 0 Å². The number of piperidine rings is 1. The van der Waals surface area contributed by atoms with Crippen molar-refractivity contribution in [3.63, 3.8) is 0 Å². The Morgan fingerprint density at radius 1 is 1.40 bits per heavy atom. The van der Waals surface area contributed by atoms with E-state index in [9.17, 15) is 5.11 Å². The van der Waals surface area contributed by atoms with Crippen molar-refractivity contribution in [1.29, 1.82) is 0 Å². The maximum Gasteiger partial charge on any atom is 0.0592 e. The van der Waals surface area contributed by atoms with E-state index in [0.717, 1.165) is 25.4 Å². The Bertz CT molecular complexity index is 161. The molecule has 15 heavy (non-hydrogen) atoms. The van der Waals surface area contributed by atoms with Gasteiger partial charge < -0.3 is 10.4 Å². The fourth-order valence-electron chi connectivity index (χ4n) is 2.56. The van der Waals surface area contributed by atoms with E-state index < -0.39 is 0 Å². The van der Waals surface area contributed by atoms with Crippen molar-refractivity contribution in [1.82, 2.24) is 5.32 Å². The highest BCUT2D eigenvalue weighted by atomic mass is 16.3. The standard InChI is InChI=1S/C13H27NO/c1-3-5-6-11(4-2)9-12-10-14-8-7-13(12)15/h11-15H,3-10H2,1-2H3. The molecular weight excluding hydrogens is 186 g/mol. The van der Waals surface area contributed by atoms with Gasteiger partial charge in [0.25, 0.3) is 0 Å². The summed E-state index contributed by atoms with van der Waals surface area (Å²) < 4.78 is 0. The maximum absolute atomic E-state index is 9.90. The number of aliphatic hydroxyl groups is 1. The first-order valence-corrected chi connectivity index (χ1v) is 6.66. The summed E-state index contributed by atoms with van der Waals surface area (Å²) in [7, 11) is 0. The van der Waals surface area contributed by atoms with Crippen molar-refractivity contribution < 1.29 is 5.11 Å². The first kappa shape index (κ1) is 13.0. The van der Waals surface area contributed by atoms with Crippen LogP contribution in [0, 0.1) is 11.8 Å². The predicted octanol–water partition coefficient (Wildman–Crippen LogP) is 2.56. The first-order chi connectivity index (χ1) is 7.27. The summed E-state index contributed by atoms with van der Waals surface area (Å²) in [4.78, 5) is 0. The van der Waals surface area contributed by atoms with Gasteiger partial charge >= 0.3 is 0 Å². The highest BCUT2D eigenvalue weighted by Gasteiger charge is 2.24. The average molecular weight is 213 g/mol. The van der Waals surface area contributed by atoms with Crippen LogP contribution in [-0.4, -0.2) is 24.3 Å². The van der Waals surface area contributed by atoms with Crippen LogP contribution in [0.5, 0.6) is 0 Å². The normalized spacial score (nSPS) is 29.0. The molecule has 2 heteroatoms. The van der Waals surface area contributed by atoms with Gasteiger partial charge in [0.15, 0.2) is 0 Å². The Hall–Kier alpha value is -0.0800. The third-order valence-corrected chi connectivity index (χ3v) is 3.75. The van der Waals surface area contributed by atoms with Crippen molar-refractivity contribution in [3.8, 4) is 0 Å². The van der Waals surface area contributed by atoms with Crippen LogP contribution in [0.2, 0.25) is 0 Å². The average Bonchev–Trinajstić information content (AvgIpc) is 2.26. The molecule has 0 spiro atoms. The SMILES string of the molecule is CCCCC(CC)CC1CNCCC1O. The van der Waals surface area contributed by atoms with Crippen LogP contribution in [-0.2, 0) is 0 Å². The Morgan fingerprint density at radius 2 is 2.20 bits per heavy atom. The Balaban J connectivity index is 2.29. The molecule has 3 unspecified atom stereocenters. The maximum atomic E-state index is 9.90. The Morgan fingerprint density at radius 3 is 2.80 bits per heavy atom. The molecule has 2 nitrogen and oxygen atoms in total. The van der Waals surface area contributed by atoms with Crippen LogP contribution in [0.1, 0.15) is 52.4 Å². The van der Waals surface area contributed by atoms with E-state index in [4.69, 9.17) is 0 Å². The Labute approximate surface area is 94.5 Å². The zero-order chi connectivity index (χ0) is 11.1. The second kappa shape index (κ2) is 7.24. The molecule has 0 aromatic rings. The molecule has 0 bridgehead atoms. The number of rotatable bonds is 6. The smallest absolute Gasteiger partial charge is 0.0592 e. The third-order valence-electron chi connectivity index (χ3n) is 3.75. The largest absolute Gasteiger partial charge is 0.393 e. The van der Waals surface area contributed by atoms with Gasteiger partial charge in [0.1, 0.15) is 0 Å². The van der Waals surface area contributed by atoms with Crippen LogP contribution >= 0.6 is 0 Å². The monoisotopic (exact) mass is 213 g/mol. The lowest BCUT2D eigenvalue weighted by molar-refractivity contribution is 0.0636. The van der Waals surface area contributed by atoms with Gasteiger partial charge in [-0.1, -0.05) is 39.5 Å². The molecule has 3 atom stereocenters. The van der Waals surface area contributed by atoms with Gasteiger partial charge in [-0.05, 0) is 31.2 Å². The van der Waals surface area contributed by atoms with Gasteiger partial charge in [-0.15, -0.1) is 0 Å². The summed E-state index contributed by atoms with van der Waals surface area (Å²) >= 11 is 0. The zero-order valence-electron chi connectivity index (χ0n) is 10.3. The molecule has 1 fully saturated rings. The number of unbranched alkanes of at least 4 members (excludes halogenated alkanes) is 1. The molecule has 1 aliphatic rings. The Kier molecular flexibility index (Phi) is 6.26. The highest BCUT2D eigenvalue weighted by molar-refractivity contribution is 4.79.